The van der Waals surface area contributed by atoms with E-state index in [1.165, 1.54) is 42.5 Å². The first-order valence-electron chi connectivity index (χ1n) is 11.2. The van der Waals surface area contributed by atoms with Gasteiger partial charge in [0, 0.05) is 4.88 Å². The second-order valence-corrected chi connectivity index (χ2v) is 9.98. The van der Waals surface area contributed by atoms with Gasteiger partial charge in [0.05, 0.1) is 11.7 Å². The highest BCUT2D eigenvalue weighted by molar-refractivity contribution is 7.17. The zero-order chi connectivity index (χ0) is 24.6. The number of ether oxygens (including phenoxy) is 1. The summed E-state index contributed by atoms with van der Waals surface area (Å²) in [6.07, 6.45) is 3.19. The number of carbonyl (C=O) groups excluding carboxylic acids is 4. The predicted octanol–water partition coefficient (Wildman–Crippen LogP) is 3.74. The Bertz CT molecular complexity index is 1160. The largest absolute Gasteiger partial charge is 0.459 e. The fraction of sp³-hybridized carbons (Fsp3) is 0.417. The van der Waals surface area contributed by atoms with E-state index in [9.17, 15) is 23.6 Å². The van der Waals surface area contributed by atoms with Crippen LogP contribution in [0.5, 0.6) is 0 Å². The van der Waals surface area contributed by atoms with Crippen molar-refractivity contribution in [2.24, 2.45) is 0 Å². The highest BCUT2D eigenvalue weighted by Crippen LogP contribution is 2.39. The van der Waals surface area contributed by atoms with Gasteiger partial charge in [-0.15, -0.1) is 11.3 Å². The number of fused-ring (bicyclic) bond motifs is 1. The maximum absolute atomic E-state index is 13.3. The molecular formula is C24H26FN3O5S. The molecule has 1 saturated heterocycles. The molecule has 1 atom stereocenters. The summed E-state index contributed by atoms with van der Waals surface area (Å²) < 4.78 is 18.7. The van der Waals surface area contributed by atoms with Crippen molar-refractivity contribution in [3.8, 4) is 0 Å². The Kier molecular flexibility index (Phi) is 6.44. The van der Waals surface area contributed by atoms with Crippen LogP contribution < -0.4 is 10.6 Å². The standard InChI is InChI=1S/C24H26FN3O5S/c1-13(2)33-21(30)19-16-6-4-5-7-17(16)34-20(19)26-18(29)12-28-22(31)24(3,27-23(28)32)14-8-10-15(25)11-9-14/h8-11,13H,4-7,12H2,1-3H3,(H,26,29)(H,27,32). The van der Waals surface area contributed by atoms with Crippen LogP contribution in [0.15, 0.2) is 24.3 Å². The molecule has 1 aliphatic heterocycles. The number of nitrogens with zero attached hydrogens (tertiary/aromatic N) is 1. The van der Waals surface area contributed by atoms with Gasteiger partial charge in [-0.2, -0.15) is 0 Å². The van der Waals surface area contributed by atoms with Gasteiger partial charge in [0.1, 0.15) is 22.9 Å². The van der Waals surface area contributed by atoms with Crippen LogP contribution >= 0.6 is 11.3 Å². The van der Waals surface area contributed by atoms with Gasteiger partial charge in [-0.3, -0.25) is 14.5 Å². The van der Waals surface area contributed by atoms with Crippen molar-refractivity contribution in [3.63, 3.8) is 0 Å². The van der Waals surface area contributed by atoms with Gasteiger partial charge in [0.25, 0.3) is 5.91 Å². The number of benzene rings is 1. The molecule has 2 heterocycles. The number of hydrogen-bond donors (Lipinski definition) is 2. The zero-order valence-electron chi connectivity index (χ0n) is 19.2. The number of rotatable bonds is 6. The fourth-order valence-electron chi connectivity index (χ4n) is 4.27. The molecule has 0 bridgehead atoms. The van der Waals surface area contributed by atoms with Gasteiger partial charge < -0.3 is 15.4 Å². The van der Waals surface area contributed by atoms with Crippen molar-refractivity contribution in [3.05, 3.63) is 51.7 Å². The Balaban J connectivity index is 1.53. The average molecular weight is 488 g/mol. The van der Waals surface area contributed by atoms with Gasteiger partial charge in [0.15, 0.2) is 0 Å². The number of halogens is 1. The highest BCUT2D eigenvalue weighted by atomic mass is 32.1. The molecular weight excluding hydrogens is 461 g/mol. The van der Waals surface area contributed by atoms with Gasteiger partial charge in [-0.25, -0.2) is 14.0 Å². The topological polar surface area (TPSA) is 105 Å². The fourth-order valence-corrected chi connectivity index (χ4v) is 5.57. The molecule has 4 rings (SSSR count). The minimum absolute atomic E-state index is 0.315. The molecule has 8 nitrogen and oxygen atoms in total. The van der Waals surface area contributed by atoms with Crippen LogP contribution in [0.25, 0.3) is 0 Å². The molecule has 2 aliphatic rings. The molecule has 1 aliphatic carbocycles. The number of imide groups is 1. The Morgan fingerprint density at radius 1 is 1.21 bits per heavy atom. The van der Waals surface area contributed by atoms with Gasteiger partial charge in [-0.05, 0) is 69.7 Å². The minimum atomic E-state index is -1.42. The van der Waals surface area contributed by atoms with E-state index < -0.39 is 41.7 Å². The number of hydrogen-bond acceptors (Lipinski definition) is 6. The summed E-state index contributed by atoms with van der Waals surface area (Å²) in [5.41, 5.74) is 0.241. The van der Waals surface area contributed by atoms with Crippen molar-refractivity contribution < 1.29 is 28.3 Å². The first-order valence-corrected chi connectivity index (χ1v) is 12.0. The third-order valence-electron chi connectivity index (χ3n) is 5.97. The lowest BCUT2D eigenvalue weighted by Crippen LogP contribution is -2.42. The SMILES string of the molecule is CC(C)OC(=O)c1c(NC(=O)CN2C(=O)NC(C)(c3ccc(F)cc3)C2=O)sc2c1CCCC2. The zero-order valence-corrected chi connectivity index (χ0v) is 20.0. The molecule has 10 heteroatoms. The number of amides is 4. The van der Waals surface area contributed by atoms with Gasteiger partial charge in [-0.1, -0.05) is 12.1 Å². The van der Waals surface area contributed by atoms with E-state index in [0.29, 0.717) is 16.1 Å². The Morgan fingerprint density at radius 2 is 1.88 bits per heavy atom. The molecule has 1 aromatic heterocycles. The summed E-state index contributed by atoms with van der Waals surface area (Å²) in [6, 6.07) is 4.51. The summed E-state index contributed by atoms with van der Waals surface area (Å²) in [5, 5.41) is 5.68. The number of carbonyl (C=O) groups is 4. The van der Waals surface area contributed by atoms with E-state index in [-0.39, 0.29) is 6.10 Å². The molecule has 2 aromatic rings. The maximum atomic E-state index is 13.3. The number of thiophene rings is 1. The lowest BCUT2D eigenvalue weighted by Gasteiger charge is -2.22. The van der Waals surface area contributed by atoms with Crippen molar-refractivity contribution in [2.45, 2.75) is 58.1 Å². The second-order valence-electron chi connectivity index (χ2n) is 8.87. The van der Waals surface area contributed by atoms with Crippen molar-refractivity contribution in [1.82, 2.24) is 10.2 Å². The molecule has 0 saturated carbocycles. The van der Waals surface area contributed by atoms with Crippen LogP contribution in [0, 0.1) is 5.82 Å². The summed E-state index contributed by atoms with van der Waals surface area (Å²) in [6.45, 7) is 4.49. The van der Waals surface area contributed by atoms with E-state index >= 15 is 0 Å². The summed E-state index contributed by atoms with van der Waals surface area (Å²) in [5.74, 6) is -2.19. The highest BCUT2D eigenvalue weighted by Gasteiger charge is 2.49. The maximum Gasteiger partial charge on any atom is 0.341 e. The molecule has 0 radical (unpaired) electrons. The molecule has 2 N–H and O–H groups in total. The number of aryl methyl sites for hydroxylation is 1. The number of nitrogens with one attached hydrogen (secondary N) is 2. The van der Waals surface area contributed by atoms with Crippen LogP contribution in [-0.2, 0) is 32.7 Å². The molecule has 0 spiro atoms. The van der Waals surface area contributed by atoms with E-state index in [1.807, 2.05) is 0 Å². The predicted molar refractivity (Wildman–Crippen MR) is 124 cm³/mol. The Labute approximate surface area is 200 Å². The van der Waals surface area contributed by atoms with Crippen LogP contribution in [0.1, 0.15) is 60.0 Å². The average Bonchev–Trinajstić information content (AvgIpc) is 3.23. The normalized spacial score (nSPS) is 19.7. The first kappa shape index (κ1) is 23.9. The van der Waals surface area contributed by atoms with E-state index in [4.69, 9.17) is 4.74 Å². The monoisotopic (exact) mass is 487 g/mol. The Morgan fingerprint density at radius 3 is 2.56 bits per heavy atom. The lowest BCUT2D eigenvalue weighted by molar-refractivity contribution is -0.133. The van der Waals surface area contributed by atoms with Crippen LogP contribution in [-0.4, -0.2) is 41.4 Å². The van der Waals surface area contributed by atoms with E-state index in [0.717, 1.165) is 41.0 Å². The molecule has 1 unspecified atom stereocenters. The van der Waals surface area contributed by atoms with Crippen molar-refractivity contribution in [2.75, 3.05) is 11.9 Å². The van der Waals surface area contributed by atoms with E-state index in [2.05, 4.69) is 10.6 Å². The second kappa shape index (κ2) is 9.17. The summed E-state index contributed by atoms with van der Waals surface area (Å²) >= 11 is 1.33. The molecule has 1 aromatic carbocycles. The van der Waals surface area contributed by atoms with Crippen LogP contribution in [0.4, 0.5) is 14.2 Å². The van der Waals surface area contributed by atoms with Crippen molar-refractivity contribution >= 4 is 40.2 Å². The van der Waals surface area contributed by atoms with Gasteiger partial charge in [0.2, 0.25) is 5.91 Å². The quantitative estimate of drug-likeness (QED) is 0.477. The van der Waals surface area contributed by atoms with Crippen LogP contribution in [0.3, 0.4) is 0 Å². The molecule has 180 valence electrons. The smallest absolute Gasteiger partial charge is 0.341 e. The Hall–Kier alpha value is -3.27. The molecule has 4 amide bonds. The summed E-state index contributed by atoms with van der Waals surface area (Å²) in [4.78, 5) is 53.1. The number of urea groups is 1. The van der Waals surface area contributed by atoms with Gasteiger partial charge >= 0.3 is 12.0 Å². The molecule has 34 heavy (non-hydrogen) atoms. The van der Waals surface area contributed by atoms with Crippen LogP contribution in [0.2, 0.25) is 0 Å². The van der Waals surface area contributed by atoms with E-state index in [1.54, 1.807) is 13.8 Å². The minimum Gasteiger partial charge on any atom is -0.459 e. The van der Waals surface area contributed by atoms with Crippen molar-refractivity contribution in [1.29, 1.82) is 0 Å². The summed E-state index contributed by atoms with van der Waals surface area (Å²) in [7, 11) is 0. The molecule has 1 fully saturated rings. The number of esters is 1. The third kappa shape index (κ3) is 4.42. The number of anilines is 1. The first-order chi connectivity index (χ1) is 16.1. The third-order valence-corrected chi connectivity index (χ3v) is 7.18. The lowest BCUT2D eigenvalue weighted by atomic mass is 9.92.